The highest BCUT2D eigenvalue weighted by Crippen LogP contribution is 2.50. The second kappa shape index (κ2) is 4.91. The van der Waals surface area contributed by atoms with Crippen molar-refractivity contribution in [2.75, 3.05) is 13.1 Å². The molecule has 3 rings (SSSR count). The molecule has 1 atom stereocenters. The van der Waals surface area contributed by atoms with Crippen molar-refractivity contribution in [1.29, 1.82) is 0 Å². The maximum absolute atomic E-state index is 12.8. The van der Waals surface area contributed by atoms with Gasteiger partial charge in [-0.2, -0.15) is 0 Å². The van der Waals surface area contributed by atoms with Crippen molar-refractivity contribution >= 4 is 21.8 Å². The Hall–Kier alpha value is -0.870. The van der Waals surface area contributed by atoms with Crippen molar-refractivity contribution in [3.63, 3.8) is 0 Å². The Morgan fingerprint density at radius 2 is 2.00 bits per heavy atom. The average molecular weight is 323 g/mol. The number of likely N-dealkylation sites (tertiary alicyclic amines) is 1. The lowest BCUT2D eigenvalue weighted by Gasteiger charge is -2.33. The largest absolute Gasteiger partial charge is 0.340 e. The molecular formula is C15H19BrN2O. The van der Waals surface area contributed by atoms with Crippen LogP contribution >= 0.6 is 15.9 Å². The molecule has 4 heteroatoms. The van der Waals surface area contributed by atoms with Crippen molar-refractivity contribution < 1.29 is 4.79 Å². The van der Waals surface area contributed by atoms with Gasteiger partial charge in [0.05, 0.1) is 5.41 Å². The van der Waals surface area contributed by atoms with Crippen LogP contribution in [0.2, 0.25) is 0 Å². The quantitative estimate of drug-likeness (QED) is 0.909. The normalized spacial score (nSPS) is 25.2. The summed E-state index contributed by atoms with van der Waals surface area (Å²) in [5, 5.41) is 0. The molecule has 19 heavy (non-hydrogen) atoms. The number of hydrogen-bond donors (Lipinski definition) is 1. The first-order chi connectivity index (χ1) is 9.12. The Morgan fingerprint density at radius 3 is 2.58 bits per heavy atom. The first-order valence-corrected chi connectivity index (χ1v) is 7.72. The molecular weight excluding hydrogens is 304 g/mol. The molecule has 2 fully saturated rings. The third kappa shape index (κ3) is 2.43. The smallest absolute Gasteiger partial charge is 0.233 e. The fourth-order valence-electron chi connectivity index (χ4n) is 3.02. The minimum Gasteiger partial charge on any atom is -0.340 e. The minimum atomic E-state index is -0.252. The SMILES string of the molecule is NC1CCCN(C(=O)C2(c3ccc(Br)cc3)CC2)C1. The van der Waals surface area contributed by atoms with Crippen LogP contribution in [0.5, 0.6) is 0 Å². The van der Waals surface area contributed by atoms with Gasteiger partial charge in [-0.3, -0.25) is 4.79 Å². The third-order valence-electron chi connectivity index (χ3n) is 4.30. The second-order valence-corrected chi connectivity index (χ2v) is 6.66. The maximum atomic E-state index is 12.8. The van der Waals surface area contributed by atoms with Crippen molar-refractivity contribution in [2.45, 2.75) is 37.1 Å². The van der Waals surface area contributed by atoms with Crippen LogP contribution < -0.4 is 5.73 Å². The second-order valence-electron chi connectivity index (χ2n) is 5.74. The highest BCUT2D eigenvalue weighted by molar-refractivity contribution is 9.10. The fraction of sp³-hybridized carbons (Fsp3) is 0.533. The molecule has 1 aliphatic heterocycles. The lowest BCUT2D eigenvalue weighted by molar-refractivity contribution is -0.135. The molecule has 0 radical (unpaired) electrons. The van der Waals surface area contributed by atoms with Gasteiger partial charge in [-0.1, -0.05) is 28.1 Å². The molecule has 1 aromatic carbocycles. The molecule has 1 aliphatic carbocycles. The molecule has 3 nitrogen and oxygen atoms in total. The summed E-state index contributed by atoms with van der Waals surface area (Å²) < 4.78 is 1.06. The van der Waals surface area contributed by atoms with E-state index in [2.05, 4.69) is 28.1 Å². The first-order valence-electron chi connectivity index (χ1n) is 6.93. The summed E-state index contributed by atoms with van der Waals surface area (Å²) in [6.07, 6.45) is 4.01. The van der Waals surface area contributed by atoms with Gasteiger partial charge >= 0.3 is 0 Å². The monoisotopic (exact) mass is 322 g/mol. The maximum Gasteiger partial charge on any atom is 0.233 e. The van der Waals surface area contributed by atoms with Crippen LogP contribution in [-0.2, 0) is 10.2 Å². The molecule has 1 aromatic rings. The van der Waals surface area contributed by atoms with Gasteiger partial charge in [-0.15, -0.1) is 0 Å². The number of rotatable bonds is 2. The summed E-state index contributed by atoms with van der Waals surface area (Å²) in [7, 11) is 0. The van der Waals surface area contributed by atoms with Gasteiger partial charge in [-0.05, 0) is 43.4 Å². The summed E-state index contributed by atoms with van der Waals surface area (Å²) in [6.45, 7) is 1.59. The zero-order chi connectivity index (χ0) is 13.5. The third-order valence-corrected chi connectivity index (χ3v) is 4.83. The van der Waals surface area contributed by atoms with Crippen LogP contribution in [0, 0.1) is 0 Å². The van der Waals surface area contributed by atoms with Gasteiger partial charge < -0.3 is 10.6 Å². The van der Waals surface area contributed by atoms with Crippen molar-refractivity contribution in [3.8, 4) is 0 Å². The van der Waals surface area contributed by atoms with E-state index in [9.17, 15) is 4.79 Å². The summed E-state index contributed by atoms with van der Waals surface area (Å²) in [5.41, 5.74) is 6.89. The Labute approximate surface area is 122 Å². The fourth-order valence-corrected chi connectivity index (χ4v) is 3.28. The van der Waals surface area contributed by atoms with E-state index in [4.69, 9.17) is 5.73 Å². The minimum absolute atomic E-state index is 0.151. The van der Waals surface area contributed by atoms with Crippen LogP contribution in [0.1, 0.15) is 31.2 Å². The number of piperidine rings is 1. The van der Waals surface area contributed by atoms with E-state index in [1.165, 1.54) is 0 Å². The van der Waals surface area contributed by atoms with Crippen molar-refractivity contribution in [3.05, 3.63) is 34.3 Å². The molecule has 2 aliphatic rings. The number of amides is 1. The van der Waals surface area contributed by atoms with Crippen molar-refractivity contribution in [1.82, 2.24) is 4.90 Å². The molecule has 1 unspecified atom stereocenters. The van der Waals surface area contributed by atoms with E-state index in [0.29, 0.717) is 0 Å². The van der Waals surface area contributed by atoms with E-state index in [1.54, 1.807) is 0 Å². The number of nitrogens with two attached hydrogens (primary N) is 1. The summed E-state index contributed by atoms with van der Waals surface area (Å²) >= 11 is 3.44. The van der Waals surface area contributed by atoms with Crippen molar-refractivity contribution in [2.24, 2.45) is 5.73 Å². The number of halogens is 1. The highest BCUT2D eigenvalue weighted by atomic mass is 79.9. The zero-order valence-corrected chi connectivity index (χ0v) is 12.5. The highest BCUT2D eigenvalue weighted by Gasteiger charge is 2.53. The van der Waals surface area contributed by atoms with Gasteiger partial charge in [0, 0.05) is 23.6 Å². The molecule has 1 heterocycles. The predicted octanol–water partition coefficient (Wildman–Crippen LogP) is 2.43. The van der Waals surface area contributed by atoms with Crippen LogP contribution in [0.15, 0.2) is 28.7 Å². The molecule has 102 valence electrons. The summed E-state index contributed by atoms with van der Waals surface area (Å²) in [6, 6.07) is 8.32. The van der Waals surface area contributed by atoms with Crippen LogP contribution in [0.4, 0.5) is 0 Å². The number of carbonyl (C=O) groups excluding carboxylic acids is 1. The van der Waals surface area contributed by atoms with Crippen LogP contribution in [0.3, 0.4) is 0 Å². The van der Waals surface area contributed by atoms with Crippen LogP contribution in [-0.4, -0.2) is 29.9 Å². The number of hydrogen-bond acceptors (Lipinski definition) is 2. The number of nitrogens with zero attached hydrogens (tertiary/aromatic N) is 1. The summed E-state index contributed by atoms with van der Waals surface area (Å²) in [4.78, 5) is 14.7. The van der Waals surface area contributed by atoms with E-state index in [1.807, 2.05) is 17.0 Å². The molecule has 2 N–H and O–H groups in total. The Kier molecular flexibility index (Phi) is 3.39. The topological polar surface area (TPSA) is 46.3 Å². The summed E-state index contributed by atoms with van der Waals surface area (Å²) in [5.74, 6) is 0.282. The Morgan fingerprint density at radius 1 is 1.32 bits per heavy atom. The lowest BCUT2D eigenvalue weighted by atomic mass is 9.93. The van der Waals surface area contributed by atoms with E-state index in [-0.39, 0.29) is 17.4 Å². The van der Waals surface area contributed by atoms with E-state index >= 15 is 0 Å². The van der Waals surface area contributed by atoms with Gasteiger partial charge in [0.1, 0.15) is 0 Å². The molecule has 1 saturated carbocycles. The van der Waals surface area contributed by atoms with E-state index < -0.39 is 0 Å². The number of carbonyl (C=O) groups is 1. The standard InChI is InChI=1S/C15H19BrN2O/c16-12-5-3-11(4-6-12)15(7-8-15)14(19)18-9-1-2-13(17)10-18/h3-6,13H,1-2,7-10,17H2. The zero-order valence-electron chi connectivity index (χ0n) is 10.9. The van der Waals surface area contributed by atoms with Gasteiger partial charge in [0.2, 0.25) is 5.91 Å². The molecule has 1 saturated heterocycles. The molecule has 0 spiro atoms. The first kappa shape index (κ1) is 13.1. The Bertz CT molecular complexity index is 481. The van der Waals surface area contributed by atoms with Gasteiger partial charge in [0.15, 0.2) is 0 Å². The lowest BCUT2D eigenvalue weighted by Crippen LogP contribution is -2.49. The van der Waals surface area contributed by atoms with E-state index in [0.717, 1.165) is 48.8 Å². The predicted molar refractivity (Wildman–Crippen MR) is 78.8 cm³/mol. The molecule has 1 amide bonds. The van der Waals surface area contributed by atoms with Gasteiger partial charge in [0.25, 0.3) is 0 Å². The van der Waals surface area contributed by atoms with Gasteiger partial charge in [-0.25, -0.2) is 0 Å². The Balaban J connectivity index is 1.80. The molecule has 0 bridgehead atoms. The molecule has 0 aromatic heterocycles. The number of benzene rings is 1. The van der Waals surface area contributed by atoms with Crippen LogP contribution in [0.25, 0.3) is 0 Å². The average Bonchev–Trinajstić information content (AvgIpc) is 3.20.